The van der Waals surface area contributed by atoms with Crippen LogP contribution in [-0.4, -0.2) is 45.4 Å². The Kier molecular flexibility index (Phi) is 9.66. The maximum absolute atomic E-state index is 12.6. The van der Waals surface area contributed by atoms with Crippen LogP contribution in [0.5, 0.6) is 0 Å². The lowest BCUT2D eigenvalue weighted by atomic mass is 10.0. The molecule has 0 saturated carbocycles. The summed E-state index contributed by atoms with van der Waals surface area (Å²) in [6.07, 6.45) is 5.60. The van der Waals surface area contributed by atoms with Gasteiger partial charge in [0.2, 0.25) is 5.91 Å². The predicted octanol–water partition coefficient (Wildman–Crippen LogP) is 2.75. The van der Waals surface area contributed by atoms with Gasteiger partial charge in [-0.25, -0.2) is 9.78 Å². The number of carbonyl (C=O) groups excluding carboxylic acids is 3. The second-order valence-corrected chi connectivity index (χ2v) is 8.02. The summed E-state index contributed by atoms with van der Waals surface area (Å²) in [4.78, 5) is 56.4. The summed E-state index contributed by atoms with van der Waals surface area (Å²) in [5.41, 5.74) is 3.11. The van der Waals surface area contributed by atoms with Crippen molar-refractivity contribution in [3.05, 3.63) is 83.3 Å². The SMILES string of the molecule is CCc1ccnc(NC(=O)CNC(=O)c2cccc(NC(=O)NCc3ccncc3)c2)c1CCC(=O)O. The van der Waals surface area contributed by atoms with Crippen molar-refractivity contribution >= 4 is 35.3 Å². The standard InChI is InChI=1S/C26H28N6O5/c1-2-18-10-13-28-24(21(18)6-7-23(34)35)32-22(33)16-29-25(36)19-4-3-5-20(14-19)31-26(37)30-15-17-8-11-27-12-9-17/h3-5,8-14H,2,6-7,15-16H2,1H3,(H,29,36)(H,34,35)(H,28,32,33)(H2,30,31,37). The van der Waals surface area contributed by atoms with E-state index in [0.717, 1.165) is 11.1 Å². The van der Waals surface area contributed by atoms with Gasteiger partial charge in [0.15, 0.2) is 0 Å². The van der Waals surface area contributed by atoms with Crippen LogP contribution < -0.4 is 21.3 Å². The molecule has 0 unspecified atom stereocenters. The van der Waals surface area contributed by atoms with Crippen LogP contribution in [0.25, 0.3) is 0 Å². The minimum atomic E-state index is -0.946. The first-order valence-corrected chi connectivity index (χ1v) is 11.7. The lowest BCUT2D eigenvalue weighted by Gasteiger charge is -2.14. The molecule has 37 heavy (non-hydrogen) atoms. The highest BCUT2D eigenvalue weighted by Crippen LogP contribution is 2.20. The van der Waals surface area contributed by atoms with E-state index in [1.165, 1.54) is 6.07 Å². The van der Waals surface area contributed by atoms with E-state index in [1.54, 1.807) is 55.0 Å². The Labute approximate surface area is 213 Å². The smallest absolute Gasteiger partial charge is 0.319 e. The van der Waals surface area contributed by atoms with Crippen LogP contribution in [-0.2, 0) is 29.0 Å². The molecule has 0 aliphatic carbocycles. The molecule has 0 aliphatic heterocycles. The Morgan fingerprint density at radius 2 is 1.73 bits per heavy atom. The number of hydrogen-bond acceptors (Lipinski definition) is 6. The van der Waals surface area contributed by atoms with Crippen LogP contribution in [0.4, 0.5) is 16.3 Å². The predicted molar refractivity (Wildman–Crippen MR) is 137 cm³/mol. The van der Waals surface area contributed by atoms with Crippen molar-refractivity contribution in [2.45, 2.75) is 32.7 Å². The molecular weight excluding hydrogens is 476 g/mol. The van der Waals surface area contributed by atoms with Gasteiger partial charge in [0, 0.05) is 42.8 Å². The maximum atomic E-state index is 12.6. The Bertz CT molecular complexity index is 1270. The van der Waals surface area contributed by atoms with Gasteiger partial charge in [-0.2, -0.15) is 0 Å². The summed E-state index contributed by atoms with van der Waals surface area (Å²) in [7, 11) is 0. The van der Waals surface area contributed by atoms with Crippen molar-refractivity contribution in [2.24, 2.45) is 0 Å². The number of aromatic nitrogens is 2. The van der Waals surface area contributed by atoms with Crippen LogP contribution >= 0.6 is 0 Å². The van der Waals surface area contributed by atoms with E-state index in [4.69, 9.17) is 5.11 Å². The number of benzene rings is 1. The molecule has 4 amide bonds. The normalized spacial score (nSPS) is 10.3. The summed E-state index contributed by atoms with van der Waals surface area (Å²) in [6, 6.07) is 11.2. The van der Waals surface area contributed by atoms with Gasteiger partial charge in [0.05, 0.1) is 6.54 Å². The van der Waals surface area contributed by atoms with E-state index in [0.29, 0.717) is 24.2 Å². The molecule has 3 rings (SSSR count). The van der Waals surface area contributed by atoms with Crippen LogP contribution in [0.3, 0.4) is 0 Å². The van der Waals surface area contributed by atoms with Crippen molar-refractivity contribution in [1.29, 1.82) is 0 Å². The van der Waals surface area contributed by atoms with Gasteiger partial charge in [-0.15, -0.1) is 0 Å². The van der Waals surface area contributed by atoms with E-state index < -0.39 is 23.8 Å². The molecule has 0 saturated heterocycles. The quantitative estimate of drug-likeness (QED) is 0.268. The third-order valence-corrected chi connectivity index (χ3v) is 5.37. The topological polar surface area (TPSA) is 162 Å². The summed E-state index contributed by atoms with van der Waals surface area (Å²) in [5.74, 6) is -1.67. The van der Waals surface area contributed by atoms with Crippen molar-refractivity contribution < 1.29 is 24.3 Å². The van der Waals surface area contributed by atoms with Crippen molar-refractivity contribution in [3.8, 4) is 0 Å². The number of carbonyl (C=O) groups is 4. The molecule has 1 aromatic carbocycles. The number of anilines is 2. The zero-order valence-corrected chi connectivity index (χ0v) is 20.3. The van der Waals surface area contributed by atoms with Gasteiger partial charge in [-0.3, -0.25) is 19.4 Å². The minimum Gasteiger partial charge on any atom is -0.481 e. The van der Waals surface area contributed by atoms with Gasteiger partial charge >= 0.3 is 12.0 Å². The van der Waals surface area contributed by atoms with E-state index in [2.05, 4.69) is 31.2 Å². The summed E-state index contributed by atoms with van der Waals surface area (Å²) >= 11 is 0. The third-order valence-electron chi connectivity index (χ3n) is 5.37. The number of carboxylic acids is 1. The number of pyridine rings is 2. The largest absolute Gasteiger partial charge is 0.481 e. The number of hydrogen-bond donors (Lipinski definition) is 5. The molecular formula is C26H28N6O5. The maximum Gasteiger partial charge on any atom is 0.319 e. The first kappa shape index (κ1) is 26.8. The average molecular weight is 505 g/mol. The molecule has 11 heteroatoms. The molecule has 0 spiro atoms. The van der Waals surface area contributed by atoms with E-state index in [1.807, 2.05) is 6.92 Å². The first-order valence-electron chi connectivity index (χ1n) is 11.7. The monoisotopic (exact) mass is 504 g/mol. The number of nitrogens with zero attached hydrogens (tertiary/aromatic N) is 2. The molecule has 11 nitrogen and oxygen atoms in total. The van der Waals surface area contributed by atoms with Crippen molar-refractivity contribution in [2.75, 3.05) is 17.2 Å². The highest BCUT2D eigenvalue weighted by molar-refractivity contribution is 6.00. The van der Waals surface area contributed by atoms with Gasteiger partial charge < -0.3 is 26.4 Å². The van der Waals surface area contributed by atoms with Gasteiger partial charge in [0.1, 0.15) is 5.82 Å². The molecule has 5 N–H and O–H groups in total. The van der Waals surface area contributed by atoms with Crippen LogP contribution in [0, 0.1) is 0 Å². The van der Waals surface area contributed by atoms with Crippen LogP contribution in [0.15, 0.2) is 61.1 Å². The molecule has 0 bridgehead atoms. The molecule has 3 aromatic rings. The molecule has 2 heterocycles. The molecule has 0 radical (unpaired) electrons. The van der Waals surface area contributed by atoms with Gasteiger partial charge in [0.25, 0.3) is 5.91 Å². The van der Waals surface area contributed by atoms with Gasteiger partial charge in [-0.05, 0) is 65.9 Å². The lowest BCUT2D eigenvalue weighted by molar-refractivity contribution is -0.137. The highest BCUT2D eigenvalue weighted by atomic mass is 16.4. The fraction of sp³-hybridized carbons (Fsp3) is 0.231. The number of aryl methyl sites for hydroxylation is 1. The molecule has 2 aromatic heterocycles. The van der Waals surface area contributed by atoms with E-state index in [-0.39, 0.29) is 30.8 Å². The molecule has 0 fully saturated rings. The van der Waals surface area contributed by atoms with E-state index in [9.17, 15) is 19.2 Å². The Morgan fingerprint density at radius 3 is 2.46 bits per heavy atom. The second-order valence-electron chi connectivity index (χ2n) is 8.02. The summed E-state index contributed by atoms with van der Waals surface area (Å²) < 4.78 is 0. The van der Waals surface area contributed by atoms with Gasteiger partial charge in [-0.1, -0.05) is 13.0 Å². The summed E-state index contributed by atoms with van der Waals surface area (Å²) in [6.45, 7) is 1.93. The number of aliphatic carboxylic acids is 1. The van der Waals surface area contributed by atoms with E-state index >= 15 is 0 Å². The Balaban J connectivity index is 1.54. The zero-order valence-electron chi connectivity index (χ0n) is 20.3. The Hall–Kier alpha value is -4.80. The number of urea groups is 1. The van der Waals surface area contributed by atoms with Crippen molar-refractivity contribution in [3.63, 3.8) is 0 Å². The lowest BCUT2D eigenvalue weighted by Crippen LogP contribution is -2.33. The minimum absolute atomic E-state index is 0.0928. The Morgan fingerprint density at radius 1 is 0.946 bits per heavy atom. The third kappa shape index (κ3) is 8.42. The number of rotatable bonds is 11. The highest BCUT2D eigenvalue weighted by Gasteiger charge is 2.15. The fourth-order valence-corrected chi connectivity index (χ4v) is 3.52. The molecule has 0 aliphatic rings. The second kappa shape index (κ2) is 13.3. The van der Waals surface area contributed by atoms with Crippen molar-refractivity contribution in [1.82, 2.24) is 20.6 Å². The number of amides is 4. The number of nitrogens with one attached hydrogen (secondary N) is 4. The summed E-state index contributed by atoms with van der Waals surface area (Å²) in [5, 5.41) is 19.6. The molecule has 192 valence electrons. The average Bonchev–Trinajstić information content (AvgIpc) is 2.90. The fourth-order valence-electron chi connectivity index (χ4n) is 3.52. The molecule has 0 atom stereocenters. The van der Waals surface area contributed by atoms with Crippen LogP contribution in [0.1, 0.15) is 40.4 Å². The zero-order chi connectivity index (χ0) is 26.6. The number of carboxylic acid groups (broad SMARTS) is 1. The first-order chi connectivity index (χ1) is 17.9. The van der Waals surface area contributed by atoms with Crippen LogP contribution in [0.2, 0.25) is 0 Å².